The van der Waals surface area contributed by atoms with Gasteiger partial charge >= 0.3 is 0 Å². The summed E-state index contributed by atoms with van der Waals surface area (Å²) in [5, 5.41) is 0.957. The molecule has 0 aromatic heterocycles. The average molecular weight is 410 g/mol. The summed E-state index contributed by atoms with van der Waals surface area (Å²) in [4.78, 5) is 15.1. The monoisotopic (exact) mass is 409 g/mol. The van der Waals surface area contributed by atoms with Crippen molar-refractivity contribution in [3.63, 3.8) is 0 Å². The van der Waals surface area contributed by atoms with Crippen LogP contribution in [0.3, 0.4) is 0 Å². The number of halogens is 1. The third-order valence-electron chi connectivity index (χ3n) is 4.28. The van der Waals surface area contributed by atoms with Gasteiger partial charge in [-0.2, -0.15) is 0 Å². The van der Waals surface area contributed by atoms with Gasteiger partial charge in [-0.3, -0.25) is 9.68 Å². The molecule has 1 atom stereocenters. The second-order valence-corrected chi connectivity index (χ2v) is 7.51. The Kier molecular flexibility index (Phi) is 19.9. The summed E-state index contributed by atoms with van der Waals surface area (Å²) in [5.41, 5.74) is 0. The highest BCUT2D eigenvalue weighted by molar-refractivity contribution is 9.09. The fraction of sp³-hybridized carbons (Fsp3) is 1.00. The zero-order valence-electron chi connectivity index (χ0n) is 16.2. The number of hydrogen-bond donors (Lipinski definition) is 0. The molecular weight excluding hydrogens is 370 g/mol. The Balaban J connectivity index is 3.17. The molecule has 0 saturated heterocycles. The second-order valence-electron chi connectivity index (χ2n) is 6.49. The summed E-state index contributed by atoms with van der Waals surface area (Å²) < 4.78 is 0. The van der Waals surface area contributed by atoms with Gasteiger partial charge in [0.15, 0.2) is 0 Å². The molecule has 1 unspecified atom stereocenters. The highest BCUT2D eigenvalue weighted by Gasteiger charge is 2.10. The largest absolute Gasteiger partial charge is 0.254 e. The van der Waals surface area contributed by atoms with Crippen LogP contribution in [0.4, 0.5) is 0 Å². The van der Waals surface area contributed by atoms with Gasteiger partial charge in [-0.05, 0) is 12.8 Å². The number of hydrogen-bond acceptors (Lipinski definition) is 4. The lowest BCUT2D eigenvalue weighted by molar-refractivity contribution is -0.514. The Labute approximate surface area is 158 Å². The van der Waals surface area contributed by atoms with Crippen LogP contribution in [0.2, 0.25) is 0 Å². The van der Waals surface area contributed by atoms with E-state index in [1.807, 2.05) is 0 Å². The SMILES string of the molecule is CCCCCCCCCCCCCCCCC(Br)ON(OC)OC. The van der Waals surface area contributed by atoms with Crippen LogP contribution >= 0.6 is 15.9 Å². The first-order valence-corrected chi connectivity index (χ1v) is 10.8. The fourth-order valence-corrected chi connectivity index (χ4v) is 3.27. The van der Waals surface area contributed by atoms with E-state index < -0.39 is 0 Å². The molecule has 0 aliphatic rings. The molecule has 0 aliphatic carbocycles. The molecule has 0 rings (SSSR count). The molecule has 5 heteroatoms. The normalized spacial score (nSPS) is 12.9. The van der Waals surface area contributed by atoms with Gasteiger partial charge in [0.25, 0.3) is 0 Å². The van der Waals surface area contributed by atoms with Crippen LogP contribution in [-0.2, 0) is 14.5 Å². The Morgan fingerprint density at radius 1 is 0.667 bits per heavy atom. The van der Waals surface area contributed by atoms with Gasteiger partial charge in [0.2, 0.25) is 0 Å². The van der Waals surface area contributed by atoms with E-state index in [1.54, 1.807) is 0 Å². The van der Waals surface area contributed by atoms with Crippen LogP contribution in [0, 0.1) is 0 Å². The van der Waals surface area contributed by atoms with Crippen molar-refractivity contribution in [2.24, 2.45) is 0 Å². The molecule has 0 saturated carbocycles. The van der Waals surface area contributed by atoms with E-state index in [4.69, 9.17) is 14.5 Å². The van der Waals surface area contributed by atoms with Gasteiger partial charge in [-0.1, -0.05) is 106 Å². The van der Waals surface area contributed by atoms with Crippen molar-refractivity contribution in [3.05, 3.63) is 0 Å². The molecule has 0 spiro atoms. The van der Waals surface area contributed by atoms with E-state index >= 15 is 0 Å². The first-order valence-electron chi connectivity index (χ1n) is 9.93. The summed E-state index contributed by atoms with van der Waals surface area (Å²) in [6, 6.07) is 0. The van der Waals surface area contributed by atoms with E-state index in [1.165, 1.54) is 97.7 Å². The molecule has 146 valence electrons. The van der Waals surface area contributed by atoms with Crippen molar-refractivity contribution >= 4 is 15.9 Å². The quantitative estimate of drug-likeness (QED) is 0.131. The van der Waals surface area contributed by atoms with Gasteiger partial charge in [0.1, 0.15) is 5.01 Å². The number of unbranched alkanes of at least 4 members (excludes halogenated alkanes) is 13. The molecule has 0 aromatic carbocycles. The summed E-state index contributed by atoms with van der Waals surface area (Å²) in [5.74, 6) is 0. The minimum absolute atomic E-state index is 0.0604. The third kappa shape index (κ3) is 17.2. The minimum Gasteiger partial charge on any atom is -0.254 e. The predicted molar refractivity (Wildman–Crippen MR) is 105 cm³/mol. The van der Waals surface area contributed by atoms with Crippen LogP contribution in [-0.4, -0.2) is 24.6 Å². The maximum Gasteiger partial charge on any atom is 0.139 e. The first-order chi connectivity index (χ1) is 11.7. The highest BCUT2D eigenvalue weighted by atomic mass is 79.9. The summed E-state index contributed by atoms with van der Waals surface area (Å²) >= 11 is 3.47. The lowest BCUT2D eigenvalue weighted by atomic mass is 10.0. The van der Waals surface area contributed by atoms with Crippen molar-refractivity contribution in [2.75, 3.05) is 14.2 Å². The molecule has 0 bridgehead atoms. The van der Waals surface area contributed by atoms with Crippen LogP contribution in [0.5, 0.6) is 0 Å². The first kappa shape index (κ1) is 24.3. The van der Waals surface area contributed by atoms with Crippen molar-refractivity contribution in [2.45, 2.75) is 108 Å². The Morgan fingerprint density at radius 2 is 1.04 bits per heavy atom. The zero-order valence-corrected chi connectivity index (χ0v) is 17.8. The number of nitrogens with zero attached hydrogens (tertiary/aromatic N) is 1. The molecular formula is C19H40BrNO3. The second kappa shape index (κ2) is 19.6. The van der Waals surface area contributed by atoms with Gasteiger partial charge in [-0.15, -0.1) is 0 Å². The van der Waals surface area contributed by atoms with E-state index in [0.717, 1.165) is 18.2 Å². The van der Waals surface area contributed by atoms with E-state index in [0.29, 0.717) is 0 Å². The van der Waals surface area contributed by atoms with Crippen LogP contribution in [0.1, 0.15) is 103 Å². The van der Waals surface area contributed by atoms with Gasteiger partial charge in [0.05, 0.1) is 19.6 Å². The average Bonchev–Trinajstić information content (AvgIpc) is 2.60. The third-order valence-corrected chi connectivity index (χ3v) is 4.91. The van der Waals surface area contributed by atoms with Gasteiger partial charge in [-0.25, -0.2) is 4.84 Å². The Bertz CT molecular complexity index is 241. The molecule has 0 amide bonds. The van der Waals surface area contributed by atoms with E-state index in [9.17, 15) is 0 Å². The van der Waals surface area contributed by atoms with Crippen molar-refractivity contribution in [1.29, 1.82) is 0 Å². The van der Waals surface area contributed by atoms with Crippen molar-refractivity contribution in [1.82, 2.24) is 5.39 Å². The molecule has 0 aliphatic heterocycles. The standard InChI is InChI=1S/C19H40BrNO3/c1-4-5-6-7-8-9-10-11-12-13-14-15-16-17-18-19(20)24-21(22-2)23-3/h19H,4-18H2,1-3H3. The maximum absolute atomic E-state index is 5.37. The molecule has 0 fully saturated rings. The smallest absolute Gasteiger partial charge is 0.139 e. The van der Waals surface area contributed by atoms with E-state index in [-0.39, 0.29) is 5.01 Å². The minimum atomic E-state index is -0.0604. The predicted octanol–water partition coefficient (Wildman–Crippen LogP) is 6.94. The maximum atomic E-state index is 5.37. The Hall–Kier alpha value is 0.320. The Morgan fingerprint density at radius 3 is 1.42 bits per heavy atom. The summed E-state index contributed by atoms with van der Waals surface area (Å²) in [6.45, 7) is 2.28. The molecule has 0 N–H and O–H groups in total. The van der Waals surface area contributed by atoms with Gasteiger partial charge in [0, 0.05) is 0 Å². The van der Waals surface area contributed by atoms with Gasteiger partial charge < -0.3 is 0 Å². The lowest BCUT2D eigenvalue weighted by Gasteiger charge is -2.18. The molecule has 0 heterocycles. The zero-order chi connectivity index (χ0) is 17.9. The topological polar surface area (TPSA) is 30.9 Å². The summed E-state index contributed by atoms with van der Waals surface area (Å²) in [6.07, 6.45) is 20.3. The lowest BCUT2D eigenvalue weighted by Crippen LogP contribution is -2.25. The van der Waals surface area contributed by atoms with Crippen molar-refractivity contribution in [3.8, 4) is 0 Å². The molecule has 0 aromatic rings. The molecule has 4 nitrogen and oxygen atoms in total. The van der Waals surface area contributed by atoms with E-state index in [2.05, 4.69) is 22.9 Å². The van der Waals surface area contributed by atoms with Crippen LogP contribution in [0.15, 0.2) is 0 Å². The van der Waals surface area contributed by atoms with Crippen LogP contribution < -0.4 is 0 Å². The molecule has 24 heavy (non-hydrogen) atoms. The number of alkyl halides is 1. The number of rotatable bonds is 19. The molecule has 0 radical (unpaired) electrons. The summed E-state index contributed by atoms with van der Waals surface area (Å²) in [7, 11) is 3.02. The fourth-order valence-electron chi connectivity index (χ4n) is 2.81. The van der Waals surface area contributed by atoms with Crippen molar-refractivity contribution < 1.29 is 14.5 Å². The van der Waals surface area contributed by atoms with Crippen LogP contribution in [0.25, 0.3) is 0 Å². The highest BCUT2D eigenvalue weighted by Crippen LogP contribution is 2.17.